The number of allylic oxidation sites excluding steroid dienone is 2. The van der Waals surface area contributed by atoms with Crippen molar-refractivity contribution in [3.8, 4) is 22.3 Å². The van der Waals surface area contributed by atoms with Crippen LogP contribution in [0.4, 0.5) is 0 Å². The van der Waals surface area contributed by atoms with E-state index in [9.17, 15) is 0 Å². The first-order valence-corrected chi connectivity index (χ1v) is 23.3. The normalized spacial score (nSPS) is 17.0. The third-order valence-corrected chi connectivity index (χ3v) is 19.3. The molecule has 8 rings (SSSR count). The Kier molecular flexibility index (Phi) is 7.18. The Bertz CT molecular complexity index is 2050. The molecule has 2 aliphatic carbocycles. The molecule has 0 N–H and O–H groups in total. The van der Waals surface area contributed by atoms with Gasteiger partial charge in [-0.1, -0.05) is 0 Å². The zero-order chi connectivity index (χ0) is 32.4. The zero-order valence-corrected chi connectivity index (χ0v) is 30.1. The summed E-state index contributed by atoms with van der Waals surface area (Å²) >= 11 is -3.08. The predicted octanol–water partition coefficient (Wildman–Crippen LogP) is 12.2. The van der Waals surface area contributed by atoms with Gasteiger partial charge in [-0.15, -0.1) is 0 Å². The van der Waals surface area contributed by atoms with Crippen LogP contribution in [-0.2, 0) is 0 Å². The minimum atomic E-state index is -3.08. The molecule has 2 atom stereocenters. The van der Waals surface area contributed by atoms with Gasteiger partial charge in [0, 0.05) is 0 Å². The Balaban J connectivity index is 1.37. The summed E-state index contributed by atoms with van der Waals surface area (Å²) in [5.74, 6) is 9.15. The third-order valence-electron chi connectivity index (χ3n) is 10.5. The Labute approximate surface area is 280 Å². The fraction of sp³-hybridized carbons (Fsp3) is 0.182. The second-order valence-corrected chi connectivity index (χ2v) is 24.0. The fourth-order valence-corrected chi connectivity index (χ4v) is 17.9. The number of hydrogen-bond acceptors (Lipinski definition) is 2. The average molecular weight is 673 g/mol. The summed E-state index contributed by atoms with van der Waals surface area (Å²) in [6, 6.07) is 39.8. The van der Waals surface area contributed by atoms with Crippen LogP contribution in [0.15, 0.2) is 118 Å². The molecular formula is C44H40GeO2. The van der Waals surface area contributed by atoms with Crippen LogP contribution in [0.2, 0.25) is 11.5 Å². The number of rotatable bonds is 6. The van der Waals surface area contributed by atoms with Crippen molar-refractivity contribution >= 4 is 36.6 Å². The van der Waals surface area contributed by atoms with Gasteiger partial charge in [-0.3, -0.25) is 0 Å². The number of hydrogen-bond donors (Lipinski definition) is 0. The first kappa shape index (κ1) is 29.8. The van der Waals surface area contributed by atoms with Gasteiger partial charge in [0.1, 0.15) is 0 Å². The molecule has 2 unspecified atom stereocenters. The van der Waals surface area contributed by atoms with Crippen molar-refractivity contribution in [2.45, 2.75) is 48.7 Å². The van der Waals surface area contributed by atoms with Crippen molar-refractivity contribution in [2.75, 3.05) is 0 Å². The molecule has 232 valence electrons. The summed E-state index contributed by atoms with van der Waals surface area (Å²) in [5.41, 5.74) is 16.0. The van der Waals surface area contributed by atoms with Crippen LogP contribution in [-0.4, -0.2) is 13.3 Å². The first-order valence-electron chi connectivity index (χ1n) is 16.7. The number of aryl methyl sites for hydroxylation is 4. The maximum atomic E-state index is 6.47. The van der Waals surface area contributed by atoms with Gasteiger partial charge in [0.05, 0.1) is 0 Å². The number of benzene rings is 4. The molecule has 0 amide bonds. The molecule has 0 aliphatic heterocycles. The van der Waals surface area contributed by atoms with E-state index in [0.29, 0.717) is 0 Å². The van der Waals surface area contributed by atoms with Gasteiger partial charge in [0.15, 0.2) is 0 Å². The van der Waals surface area contributed by atoms with Crippen molar-refractivity contribution < 1.29 is 8.83 Å². The SMILES string of the molecule is Cc1ccc(C2=Cc3c(ccc(C)c3-c3ccccc3)[CH]2[Ge]([CH3])([CH3])[CH]2C(c3ccc(C)o3)=Cc3c2ccc(C)c3-c2ccccc2)o1. The van der Waals surface area contributed by atoms with Crippen molar-refractivity contribution in [3.63, 3.8) is 0 Å². The van der Waals surface area contributed by atoms with Gasteiger partial charge in [-0.2, -0.15) is 0 Å². The van der Waals surface area contributed by atoms with E-state index < -0.39 is 13.3 Å². The molecule has 0 saturated carbocycles. The summed E-state index contributed by atoms with van der Waals surface area (Å²) in [5, 5.41) is 0. The summed E-state index contributed by atoms with van der Waals surface area (Å²) in [7, 11) is 0. The maximum absolute atomic E-state index is 6.47. The molecule has 0 fully saturated rings. The van der Waals surface area contributed by atoms with Gasteiger partial charge in [0.2, 0.25) is 0 Å². The van der Waals surface area contributed by atoms with Gasteiger partial charge >= 0.3 is 282 Å². The Morgan fingerprint density at radius 3 is 1.23 bits per heavy atom. The fourth-order valence-electron chi connectivity index (χ4n) is 8.47. The zero-order valence-electron chi connectivity index (χ0n) is 28.0. The van der Waals surface area contributed by atoms with E-state index >= 15 is 0 Å². The van der Waals surface area contributed by atoms with Crippen molar-refractivity contribution in [1.29, 1.82) is 0 Å². The Hall–Kier alpha value is -4.54. The molecule has 6 aromatic rings. The second-order valence-electron chi connectivity index (χ2n) is 14.0. The molecule has 4 aromatic carbocycles. The molecule has 2 aliphatic rings. The van der Waals surface area contributed by atoms with Crippen molar-refractivity contribution in [3.05, 3.63) is 166 Å². The minimum absolute atomic E-state index is 0.260. The molecule has 3 heteroatoms. The van der Waals surface area contributed by atoms with Gasteiger partial charge < -0.3 is 0 Å². The van der Waals surface area contributed by atoms with E-state index in [2.05, 4.69) is 147 Å². The molecule has 2 heterocycles. The van der Waals surface area contributed by atoms with Crippen LogP contribution in [0, 0.1) is 27.7 Å². The molecule has 0 radical (unpaired) electrons. The second kappa shape index (κ2) is 11.3. The number of furan rings is 2. The van der Waals surface area contributed by atoms with Crippen molar-refractivity contribution in [1.82, 2.24) is 0 Å². The summed E-state index contributed by atoms with van der Waals surface area (Å²) in [6.45, 7) is 8.59. The van der Waals surface area contributed by atoms with Crippen LogP contribution in [0.1, 0.15) is 65.9 Å². The average Bonchev–Trinajstić information content (AvgIpc) is 3.86. The van der Waals surface area contributed by atoms with Crippen LogP contribution in [0.3, 0.4) is 0 Å². The van der Waals surface area contributed by atoms with Gasteiger partial charge in [-0.05, 0) is 0 Å². The van der Waals surface area contributed by atoms with Gasteiger partial charge in [-0.25, -0.2) is 0 Å². The third kappa shape index (κ3) is 4.84. The topological polar surface area (TPSA) is 26.3 Å². The summed E-state index contributed by atoms with van der Waals surface area (Å²) < 4.78 is 13.5. The first-order chi connectivity index (χ1) is 22.7. The molecule has 2 nitrogen and oxygen atoms in total. The monoisotopic (exact) mass is 674 g/mol. The van der Waals surface area contributed by atoms with E-state index in [0.717, 1.165) is 23.0 Å². The summed E-state index contributed by atoms with van der Waals surface area (Å²) in [4.78, 5) is 0. The van der Waals surface area contributed by atoms with Crippen LogP contribution in [0.5, 0.6) is 0 Å². The summed E-state index contributed by atoms with van der Waals surface area (Å²) in [6.07, 6.45) is 4.92. The predicted molar refractivity (Wildman–Crippen MR) is 199 cm³/mol. The Morgan fingerprint density at radius 2 is 0.872 bits per heavy atom. The van der Waals surface area contributed by atoms with Gasteiger partial charge in [0.25, 0.3) is 0 Å². The quantitative estimate of drug-likeness (QED) is 0.165. The standard InChI is InChI=1S/C44H40GeO2/c1-27-17-21-33-35(41(27)31-13-9-7-10-14-31)25-37(39-23-19-29(3)46-39)43(33)45(5,6)44-34-22-18-28(2)42(32-15-11-8-12-16-32)36(34)26-38(44)40-24-20-30(4)47-40/h7-26,43-44H,1-6H3. The van der Waals surface area contributed by atoms with E-state index in [4.69, 9.17) is 8.83 Å². The molecule has 0 bridgehead atoms. The van der Waals surface area contributed by atoms with Crippen LogP contribution >= 0.6 is 0 Å². The molecule has 0 saturated heterocycles. The Morgan fingerprint density at radius 1 is 0.468 bits per heavy atom. The van der Waals surface area contributed by atoms with E-state index in [-0.39, 0.29) is 9.50 Å². The molecule has 47 heavy (non-hydrogen) atoms. The van der Waals surface area contributed by atoms with E-state index in [1.54, 1.807) is 0 Å². The molecule has 2 aromatic heterocycles. The number of fused-ring (bicyclic) bond motifs is 2. The molecular weight excluding hydrogens is 633 g/mol. The van der Waals surface area contributed by atoms with E-state index in [1.807, 2.05) is 13.8 Å². The van der Waals surface area contributed by atoms with E-state index in [1.165, 1.54) is 66.8 Å². The molecule has 0 spiro atoms. The van der Waals surface area contributed by atoms with Crippen molar-refractivity contribution in [2.24, 2.45) is 0 Å². The van der Waals surface area contributed by atoms with Crippen LogP contribution in [0.25, 0.3) is 45.6 Å². The van der Waals surface area contributed by atoms with Crippen LogP contribution < -0.4 is 0 Å².